The van der Waals surface area contributed by atoms with E-state index in [1.54, 1.807) is 0 Å². The Labute approximate surface area is 86.6 Å². The highest BCUT2D eigenvalue weighted by Gasteiger charge is 2.25. The summed E-state index contributed by atoms with van der Waals surface area (Å²) in [6, 6.07) is 4.50. The quantitative estimate of drug-likeness (QED) is 0.707. The smallest absolute Gasteiger partial charge is 0.0464 e. The van der Waals surface area contributed by atoms with Crippen LogP contribution in [-0.2, 0) is 6.42 Å². The lowest BCUT2D eigenvalue weighted by molar-refractivity contribution is 0.783. The lowest BCUT2D eigenvalue weighted by Crippen LogP contribution is -2.01. The third kappa shape index (κ3) is 1.82. The van der Waals surface area contributed by atoms with Crippen LogP contribution in [-0.4, -0.2) is 4.98 Å². The SMILES string of the molecule is CCc1ccc(C2CC2)nc1C(C)C. The van der Waals surface area contributed by atoms with E-state index < -0.39 is 0 Å². The lowest BCUT2D eigenvalue weighted by atomic mass is 10.0. The van der Waals surface area contributed by atoms with Gasteiger partial charge in [-0.05, 0) is 36.8 Å². The molecule has 0 spiro atoms. The van der Waals surface area contributed by atoms with Crippen LogP contribution in [0, 0.1) is 0 Å². The molecule has 1 aromatic heterocycles. The summed E-state index contributed by atoms with van der Waals surface area (Å²) in [5, 5.41) is 0. The molecule has 0 unspecified atom stereocenters. The summed E-state index contributed by atoms with van der Waals surface area (Å²) in [6.07, 6.45) is 3.79. The second-order valence-electron chi connectivity index (χ2n) is 4.56. The van der Waals surface area contributed by atoms with E-state index in [2.05, 4.69) is 32.9 Å². The lowest BCUT2D eigenvalue weighted by Gasteiger charge is -2.11. The first-order chi connectivity index (χ1) is 6.72. The minimum atomic E-state index is 0.559. The average molecular weight is 189 g/mol. The molecule has 0 bridgehead atoms. The van der Waals surface area contributed by atoms with Gasteiger partial charge in [-0.3, -0.25) is 4.98 Å². The number of rotatable bonds is 3. The third-order valence-corrected chi connectivity index (χ3v) is 2.96. The Morgan fingerprint density at radius 3 is 2.57 bits per heavy atom. The van der Waals surface area contributed by atoms with E-state index in [4.69, 9.17) is 4.98 Å². The normalized spacial score (nSPS) is 16.3. The summed E-state index contributed by atoms with van der Waals surface area (Å²) >= 11 is 0. The van der Waals surface area contributed by atoms with E-state index in [0.717, 1.165) is 12.3 Å². The van der Waals surface area contributed by atoms with Gasteiger partial charge in [-0.2, -0.15) is 0 Å². The fraction of sp³-hybridized carbons (Fsp3) is 0.615. The van der Waals surface area contributed by atoms with Gasteiger partial charge in [-0.15, -0.1) is 0 Å². The fourth-order valence-electron chi connectivity index (χ4n) is 1.92. The Bertz CT molecular complexity index is 324. The number of aromatic nitrogens is 1. The molecule has 0 amide bonds. The molecule has 0 N–H and O–H groups in total. The van der Waals surface area contributed by atoms with Crippen LogP contribution in [0.4, 0.5) is 0 Å². The van der Waals surface area contributed by atoms with Gasteiger partial charge < -0.3 is 0 Å². The highest BCUT2D eigenvalue weighted by Crippen LogP contribution is 2.39. The van der Waals surface area contributed by atoms with E-state index >= 15 is 0 Å². The molecule has 1 heterocycles. The van der Waals surface area contributed by atoms with Crippen LogP contribution in [0.25, 0.3) is 0 Å². The Kier molecular flexibility index (Phi) is 2.58. The van der Waals surface area contributed by atoms with Gasteiger partial charge in [0, 0.05) is 17.3 Å². The van der Waals surface area contributed by atoms with Gasteiger partial charge in [0.1, 0.15) is 0 Å². The first-order valence-corrected chi connectivity index (χ1v) is 5.72. The molecule has 2 rings (SSSR count). The van der Waals surface area contributed by atoms with Gasteiger partial charge in [0.15, 0.2) is 0 Å². The second-order valence-corrected chi connectivity index (χ2v) is 4.56. The Morgan fingerprint density at radius 1 is 1.36 bits per heavy atom. The molecule has 0 saturated heterocycles. The van der Waals surface area contributed by atoms with Crippen LogP contribution in [0.3, 0.4) is 0 Å². The molecule has 0 aliphatic heterocycles. The summed E-state index contributed by atoms with van der Waals surface area (Å²) in [7, 11) is 0. The van der Waals surface area contributed by atoms with Crippen molar-refractivity contribution in [3.63, 3.8) is 0 Å². The zero-order chi connectivity index (χ0) is 10.1. The van der Waals surface area contributed by atoms with Crippen LogP contribution in [0.2, 0.25) is 0 Å². The Morgan fingerprint density at radius 2 is 2.07 bits per heavy atom. The molecule has 1 nitrogen and oxygen atoms in total. The Balaban J connectivity index is 2.35. The molecule has 0 aromatic carbocycles. The maximum atomic E-state index is 4.81. The highest BCUT2D eigenvalue weighted by atomic mass is 14.7. The van der Waals surface area contributed by atoms with Gasteiger partial charge >= 0.3 is 0 Å². The molecule has 0 atom stereocenters. The summed E-state index contributed by atoms with van der Waals surface area (Å²) in [5.74, 6) is 1.34. The fourth-order valence-corrected chi connectivity index (χ4v) is 1.92. The molecule has 0 radical (unpaired) electrons. The Hall–Kier alpha value is -0.850. The number of nitrogens with zero attached hydrogens (tertiary/aromatic N) is 1. The van der Waals surface area contributed by atoms with Gasteiger partial charge in [0.25, 0.3) is 0 Å². The molecule has 14 heavy (non-hydrogen) atoms. The van der Waals surface area contributed by atoms with Crippen LogP contribution >= 0.6 is 0 Å². The molecule has 1 aliphatic carbocycles. The first kappa shape index (κ1) is 9.70. The van der Waals surface area contributed by atoms with Crippen molar-refractivity contribution in [2.45, 2.75) is 51.9 Å². The monoisotopic (exact) mass is 189 g/mol. The maximum Gasteiger partial charge on any atom is 0.0464 e. The number of pyridine rings is 1. The predicted molar refractivity (Wildman–Crippen MR) is 59.7 cm³/mol. The highest BCUT2D eigenvalue weighted by molar-refractivity contribution is 5.28. The van der Waals surface area contributed by atoms with Crippen molar-refractivity contribution in [2.24, 2.45) is 0 Å². The van der Waals surface area contributed by atoms with E-state index in [-0.39, 0.29) is 0 Å². The van der Waals surface area contributed by atoms with E-state index in [0.29, 0.717) is 5.92 Å². The van der Waals surface area contributed by atoms with Crippen molar-refractivity contribution in [1.82, 2.24) is 4.98 Å². The minimum Gasteiger partial charge on any atom is -0.257 e. The largest absolute Gasteiger partial charge is 0.257 e. The van der Waals surface area contributed by atoms with Crippen molar-refractivity contribution in [3.05, 3.63) is 29.1 Å². The zero-order valence-electron chi connectivity index (χ0n) is 9.38. The summed E-state index contributed by atoms with van der Waals surface area (Å²) in [5.41, 5.74) is 4.06. The van der Waals surface area contributed by atoms with E-state index in [1.165, 1.54) is 29.8 Å². The molecule has 1 aliphatic rings. The molecular formula is C13H19N. The summed E-state index contributed by atoms with van der Waals surface area (Å²) < 4.78 is 0. The summed E-state index contributed by atoms with van der Waals surface area (Å²) in [4.78, 5) is 4.81. The molecule has 76 valence electrons. The number of aryl methyl sites for hydroxylation is 1. The van der Waals surface area contributed by atoms with Gasteiger partial charge in [0.2, 0.25) is 0 Å². The van der Waals surface area contributed by atoms with Crippen molar-refractivity contribution in [3.8, 4) is 0 Å². The topological polar surface area (TPSA) is 12.9 Å². The van der Waals surface area contributed by atoms with E-state index in [9.17, 15) is 0 Å². The van der Waals surface area contributed by atoms with E-state index in [1.807, 2.05) is 0 Å². The zero-order valence-corrected chi connectivity index (χ0v) is 9.38. The van der Waals surface area contributed by atoms with Crippen molar-refractivity contribution >= 4 is 0 Å². The van der Waals surface area contributed by atoms with Crippen LogP contribution in [0.1, 0.15) is 62.4 Å². The molecule has 1 aromatic rings. The van der Waals surface area contributed by atoms with Gasteiger partial charge in [-0.1, -0.05) is 26.8 Å². The van der Waals surface area contributed by atoms with Gasteiger partial charge in [0.05, 0.1) is 0 Å². The van der Waals surface area contributed by atoms with Crippen molar-refractivity contribution in [2.75, 3.05) is 0 Å². The number of hydrogen-bond acceptors (Lipinski definition) is 1. The minimum absolute atomic E-state index is 0.559. The van der Waals surface area contributed by atoms with Crippen molar-refractivity contribution < 1.29 is 0 Å². The average Bonchev–Trinajstić information content (AvgIpc) is 3.00. The second kappa shape index (κ2) is 3.72. The predicted octanol–water partition coefficient (Wildman–Crippen LogP) is 3.64. The maximum absolute atomic E-state index is 4.81. The molecule has 1 heteroatoms. The first-order valence-electron chi connectivity index (χ1n) is 5.72. The molecule has 1 fully saturated rings. The van der Waals surface area contributed by atoms with Crippen LogP contribution < -0.4 is 0 Å². The van der Waals surface area contributed by atoms with Crippen LogP contribution in [0.5, 0.6) is 0 Å². The number of hydrogen-bond donors (Lipinski definition) is 0. The molecule has 1 saturated carbocycles. The van der Waals surface area contributed by atoms with Gasteiger partial charge in [-0.25, -0.2) is 0 Å². The third-order valence-electron chi connectivity index (χ3n) is 2.96. The summed E-state index contributed by atoms with van der Waals surface area (Å²) in [6.45, 7) is 6.68. The van der Waals surface area contributed by atoms with Crippen molar-refractivity contribution in [1.29, 1.82) is 0 Å². The standard InChI is InChI=1S/C13H19N/c1-4-10-7-8-12(11-5-6-11)14-13(10)9(2)3/h7-9,11H,4-6H2,1-3H3. The molecular weight excluding hydrogens is 170 g/mol. The van der Waals surface area contributed by atoms with Crippen LogP contribution in [0.15, 0.2) is 12.1 Å².